The number of hydrogen-bond donors (Lipinski definition) is 1. The standard InChI is InChI=1S/C14H23NO2S/c1-14(2,3)13(15-4)10-11-8-6-7-9-12(11)18(5,16)17/h6-9,13,15H,10H2,1-5H3. The topological polar surface area (TPSA) is 46.2 Å². The van der Waals surface area contributed by atoms with Crippen LogP contribution < -0.4 is 5.32 Å². The predicted molar refractivity (Wildman–Crippen MR) is 75.6 cm³/mol. The first-order valence-electron chi connectivity index (χ1n) is 6.11. The van der Waals surface area contributed by atoms with E-state index in [9.17, 15) is 8.42 Å². The highest BCUT2D eigenvalue weighted by Crippen LogP contribution is 2.25. The Bertz CT molecular complexity index is 501. The van der Waals surface area contributed by atoms with Crippen molar-refractivity contribution in [3.63, 3.8) is 0 Å². The molecule has 0 spiro atoms. The summed E-state index contributed by atoms with van der Waals surface area (Å²) in [5.41, 5.74) is 0.966. The zero-order valence-electron chi connectivity index (χ0n) is 11.8. The van der Waals surface area contributed by atoms with Crippen molar-refractivity contribution < 1.29 is 8.42 Å². The lowest BCUT2D eigenvalue weighted by Gasteiger charge is -2.31. The number of likely N-dealkylation sites (N-methyl/N-ethyl adjacent to an activating group) is 1. The van der Waals surface area contributed by atoms with Gasteiger partial charge in [-0.2, -0.15) is 0 Å². The molecule has 0 radical (unpaired) electrons. The molecule has 3 nitrogen and oxygen atoms in total. The van der Waals surface area contributed by atoms with Gasteiger partial charge in [0.15, 0.2) is 9.84 Å². The summed E-state index contributed by atoms with van der Waals surface area (Å²) in [6, 6.07) is 7.47. The van der Waals surface area contributed by atoms with Crippen LogP contribution in [0.15, 0.2) is 29.2 Å². The maximum atomic E-state index is 11.8. The smallest absolute Gasteiger partial charge is 0.175 e. The minimum atomic E-state index is -3.16. The lowest BCUT2D eigenvalue weighted by Crippen LogP contribution is -2.40. The van der Waals surface area contributed by atoms with Crippen LogP contribution in [0, 0.1) is 5.41 Å². The van der Waals surface area contributed by atoms with Crippen molar-refractivity contribution in [2.24, 2.45) is 5.41 Å². The average Bonchev–Trinajstić information content (AvgIpc) is 2.23. The van der Waals surface area contributed by atoms with E-state index in [4.69, 9.17) is 0 Å². The fraction of sp³-hybridized carbons (Fsp3) is 0.571. The molecule has 0 aromatic heterocycles. The van der Waals surface area contributed by atoms with Gasteiger partial charge in [-0.05, 0) is 30.5 Å². The molecule has 0 amide bonds. The van der Waals surface area contributed by atoms with E-state index in [1.807, 2.05) is 19.2 Å². The molecule has 0 bridgehead atoms. The highest BCUT2D eigenvalue weighted by Gasteiger charge is 2.25. The van der Waals surface area contributed by atoms with Crippen molar-refractivity contribution in [3.8, 4) is 0 Å². The van der Waals surface area contributed by atoms with Crippen LogP contribution in [0.3, 0.4) is 0 Å². The molecule has 1 aromatic carbocycles. The minimum Gasteiger partial charge on any atom is -0.316 e. The molecule has 0 aliphatic rings. The Kier molecular flexibility index (Phi) is 4.56. The number of benzene rings is 1. The third-order valence-corrected chi connectivity index (χ3v) is 4.39. The van der Waals surface area contributed by atoms with E-state index in [0.717, 1.165) is 5.56 Å². The lowest BCUT2D eigenvalue weighted by atomic mass is 9.83. The summed E-state index contributed by atoms with van der Waals surface area (Å²) in [5, 5.41) is 3.27. The molecule has 0 saturated carbocycles. The van der Waals surface area contributed by atoms with Gasteiger partial charge in [-0.25, -0.2) is 8.42 Å². The molecule has 102 valence electrons. The number of nitrogens with one attached hydrogen (secondary N) is 1. The Balaban J connectivity index is 3.12. The van der Waals surface area contributed by atoms with Gasteiger partial charge in [0.25, 0.3) is 0 Å². The largest absolute Gasteiger partial charge is 0.316 e. The minimum absolute atomic E-state index is 0.0827. The molecule has 0 heterocycles. The van der Waals surface area contributed by atoms with Gasteiger partial charge < -0.3 is 5.32 Å². The van der Waals surface area contributed by atoms with Crippen molar-refractivity contribution in [2.75, 3.05) is 13.3 Å². The fourth-order valence-electron chi connectivity index (χ4n) is 2.10. The van der Waals surface area contributed by atoms with Crippen LogP contribution in [0.25, 0.3) is 0 Å². The van der Waals surface area contributed by atoms with Gasteiger partial charge in [0.05, 0.1) is 4.90 Å². The van der Waals surface area contributed by atoms with Gasteiger partial charge in [-0.3, -0.25) is 0 Å². The highest BCUT2D eigenvalue weighted by atomic mass is 32.2. The van der Waals surface area contributed by atoms with Crippen LogP contribution in [-0.4, -0.2) is 27.8 Å². The molecule has 0 aliphatic heterocycles. The molecular weight excluding hydrogens is 246 g/mol. The van der Waals surface area contributed by atoms with Crippen LogP contribution in [0.5, 0.6) is 0 Å². The first-order valence-corrected chi connectivity index (χ1v) is 8.00. The van der Waals surface area contributed by atoms with Crippen LogP contribution >= 0.6 is 0 Å². The highest BCUT2D eigenvalue weighted by molar-refractivity contribution is 7.90. The molecule has 18 heavy (non-hydrogen) atoms. The SMILES string of the molecule is CNC(Cc1ccccc1S(C)(=O)=O)C(C)(C)C. The molecule has 1 rings (SSSR count). The summed E-state index contributed by atoms with van der Waals surface area (Å²) < 4.78 is 23.5. The van der Waals surface area contributed by atoms with Gasteiger partial charge in [0.1, 0.15) is 0 Å². The predicted octanol–water partition coefficient (Wildman–Crippen LogP) is 2.27. The second-order valence-electron chi connectivity index (χ2n) is 5.79. The van der Waals surface area contributed by atoms with E-state index in [2.05, 4.69) is 26.1 Å². The van der Waals surface area contributed by atoms with Crippen LogP contribution in [0.4, 0.5) is 0 Å². The van der Waals surface area contributed by atoms with E-state index < -0.39 is 9.84 Å². The first kappa shape index (κ1) is 15.2. The summed E-state index contributed by atoms with van der Waals surface area (Å²) in [6.07, 6.45) is 1.97. The molecule has 1 unspecified atom stereocenters. The van der Waals surface area contributed by atoms with Crippen molar-refractivity contribution in [1.82, 2.24) is 5.32 Å². The summed E-state index contributed by atoms with van der Waals surface area (Å²) in [6.45, 7) is 6.45. The molecule has 0 fully saturated rings. The van der Waals surface area contributed by atoms with Crippen molar-refractivity contribution >= 4 is 9.84 Å². The monoisotopic (exact) mass is 269 g/mol. The van der Waals surface area contributed by atoms with Gasteiger partial charge in [-0.1, -0.05) is 39.0 Å². The van der Waals surface area contributed by atoms with E-state index in [1.165, 1.54) is 6.26 Å². The van der Waals surface area contributed by atoms with E-state index in [0.29, 0.717) is 11.3 Å². The van der Waals surface area contributed by atoms with Gasteiger partial charge in [0.2, 0.25) is 0 Å². The maximum absolute atomic E-state index is 11.8. The van der Waals surface area contributed by atoms with E-state index in [1.54, 1.807) is 12.1 Å². The molecular formula is C14H23NO2S. The van der Waals surface area contributed by atoms with Crippen LogP contribution in [0.1, 0.15) is 26.3 Å². The van der Waals surface area contributed by atoms with Gasteiger partial charge in [0, 0.05) is 12.3 Å². The number of rotatable bonds is 4. The third-order valence-electron chi connectivity index (χ3n) is 3.19. The Morgan fingerprint density at radius 2 is 1.78 bits per heavy atom. The first-order chi connectivity index (χ1) is 8.16. The second kappa shape index (κ2) is 5.41. The molecule has 1 N–H and O–H groups in total. The molecule has 4 heteroatoms. The lowest BCUT2D eigenvalue weighted by molar-refractivity contribution is 0.279. The van der Waals surface area contributed by atoms with Crippen LogP contribution in [0.2, 0.25) is 0 Å². The number of sulfone groups is 1. The van der Waals surface area contributed by atoms with Crippen molar-refractivity contribution in [1.29, 1.82) is 0 Å². The third kappa shape index (κ3) is 3.82. The summed E-state index contributed by atoms with van der Waals surface area (Å²) >= 11 is 0. The summed E-state index contributed by atoms with van der Waals surface area (Å²) in [7, 11) is -1.24. The Morgan fingerprint density at radius 3 is 2.22 bits per heavy atom. The Hall–Kier alpha value is -0.870. The normalized spacial score (nSPS) is 14.5. The van der Waals surface area contributed by atoms with Gasteiger partial charge in [-0.15, -0.1) is 0 Å². The molecule has 1 aromatic rings. The fourth-order valence-corrected chi connectivity index (χ4v) is 3.05. The number of hydrogen-bond acceptors (Lipinski definition) is 3. The molecule has 0 aliphatic carbocycles. The summed E-state index contributed by atoms with van der Waals surface area (Å²) in [5.74, 6) is 0. The zero-order chi connectivity index (χ0) is 14.0. The Labute approximate surface area is 111 Å². The molecule has 1 atom stereocenters. The quantitative estimate of drug-likeness (QED) is 0.912. The summed E-state index contributed by atoms with van der Waals surface area (Å²) in [4.78, 5) is 0.439. The van der Waals surface area contributed by atoms with Crippen molar-refractivity contribution in [2.45, 2.75) is 38.1 Å². The van der Waals surface area contributed by atoms with Crippen molar-refractivity contribution in [3.05, 3.63) is 29.8 Å². The zero-order valence-corrected chi connectivity index (χ0v) is 12.6. The molecule has 0 saturated heterocycles. The maximum Gasteiger partial charge on any atom is 0.175 e. The van der Waals surface area contributed by atoms with Gasteiger partial charge >= 0.3 is 0 Å². The van der Waals surface area contributed by atoms with E-state index in [-0.39, 0.29) is 11.5 Å². The van der Waals surface area contributed by atoms with E-state index >= 15 is 0 Å². The average molecular weight is 269 g/mol. The second-order valence-corrected chi connectivity index (χ2v) is 7.78. The Morgan fingerprint density at radius 1 is 1.22 bits per heavy atom. The van der Waals surface area contributed by atoms with Crippen LogP contribution in [-0.2, 0) is 16.3 Å².